The molecule has 0 spiro atoms. The van der Waals surface area contributed by atoms with Crippen LogP contribution in [0.1, 0.15) is 16.8 Å². The molecule has 9 nitrogen and oxygen atoms in total. The highest BCUT2D eigenvalue weighted by Gasteiger charge is 2.14. The number of ether oxygens (including phenoxy) is 1. The standard InChI is InChI=1S/C24H22N8O/c1-2-19-12-18(3-4-21(19)25-6-1)16-32-24-23(29-30-32)27-15-20(28-24)13-17-5-7-26-22(14-17)31-8-10-33-11-9-31/h1-7,12,14-15H,8-11,13,16H2. The molecule has 0 aliphatic carbocycles. The molecule has 0 amide bonds. The molecule has 5 aromatic rings. The van der Waals surface area contributed by atoms with Crippen molar-refractivity contribution in [1.82, 2.24) is 34.9 Å². The van der Waals surface area contributed by atoms with E-state index >= 15 is 0 Å². The Morgan fingerprint density at radius 3 is 2.79 bits per heavy atom. The van der Waals surface area contributed by atoms with E-state index in [1.807, 2.05) is 24.4 Å². The molecule has 0 radical (unpaired) electrons. The summed E-state index contributed by atoms with van der Waals surface area (Å²) in [4.78, 5) is 20.5. The van der Waals surface area contributed by atoms with Crippen LogP contribution in [0, 0.1) is 0 Å². The lowest BCUT2D eigenvalue weighted by atomic mass is 10.1. The lowest BCUT2D eigenvalue weighted by molar-refractivity contribution is 0.122. The van der Waals surface area contributed by atoms with Gasteiger partial charge in [0.25, 0.3) is 0 Å². The first-order chi connectivity index (χ1) is 16.3. The summed E-state index contributed by atoms with van der Waals surface area (Å²) >= 11 is 0. The third kappa shape index (κ3) is 4.10. The molecule has 1 aliphatic heterocycles. The van der Waals surface area contributed by atoms with Gasteiger partial charge >= 0.3 is 0 Å². The van der Waals surface area contributed by atoms with E-state index in [-0.39, 0.29) is 0 Å². The summed E-state index contributed by atoms with van der Waals surface area (Å²) in [6, 6.07) is 14.4. The number of benzene rings is 1. The smallest absolute Gasteiger partial charge is 0.221 e. The van der Waals surface area contributed by atoms with E-state index in [4.69, 9.17) is 9.72 Å². The van der Waals surface area contributed by atoms with Gasteiger partial charge in [0, 0.05) is 37.3 Å². The normalized spacial score (nSPS) is 14.2. The molecular formula is C24H22N8O. The van der Waals surface area contributed by atoms with Gasteiger partial charge < -0.3 is 9.64 Å². The van der Waals surface area contributed by atoms with Gasteiger partial charge in [-0.25, -0.2) is 19.6 Å². The lowest BCUT2D eigenvalue weighted by Crippen LogP contribution is -2.36. The maximum absolute atomic E-state index is 5.45. The highest BCUT2D eigenvalue weighted by Crippen LogP contribution is 2.18. The van der Waals surface area contributed by atoms with Crippen LogP contribution in [0.2, 0.25) is 0 Å². The predicted molar refractivity (Wildman–Crippen MR) is 124 cm³/mol. The van der Waals surface area contributed by atoms with Crippen molar-refractivity contribution in [2.45, 2.75) is 13.0 Å². The minimum Gasteiger partial charge on any atom is -0.378 e. The maximum atomic E-state index is 5.45. The van der Waals surface area contributed by atoms with Crippen LogP contribution in [0.5, 0.6) is 0 Å². The van der Waals surface area contributed by atoms with Crippen molar-refractivity contribution >= 4 is 28.0 Å². The van der Waals surface area contributed by atoms with E-state index in [1.165, 1.54) is 0 Å². The third-order valence-electron chi connectivity index (χ3n) is 5.81. The van der Waals surface area contributed by atoms with Crippen molar-refractivity contribution < 1.29 is 4.74 Å². The Morgan fingerprint density at radius 1 is 0.909 bits per heavy atom. The summed E-state index contributed by atoms with van der Waals surface area (Å²) in [5.41, 5.74) is 5.32. The molecule has 1 saturated heterocycles. The monoisotopic (exact) mass is 438 g/mol. The zero-order chi connectivity index (χ0) is 22.0. The van der Waals surface area contributed by atoms with E-state index in [2.05, 4.69) is 54.4 Å². The van der Waals surface area contributed by atoms with Gasteiger partial charge in [-0.3, -0.25) is 4.98 Å². The van der Waals surface area contributed by atoms with Gasteiger partial charge in [0.2, 0.25) is 5.65 Å². The Kier molecular flexibility index (Phi) is 5.08. The van der Waals surface area contributed by atoms with Crippen LogP contribution >= 0.6 is 0 Å². The van der Waals surface area contributed by atoms with E-state index in [1.54, 1.807) is 17.1 Å². The first-order valence-corrected chi connectivity index (χ1v) is 11.0. The summed E-state index contributed by atoms with van der Waals surface area (Å²) in [6.45, 7) is 3.75. The molecule has 33 heavy (non-hydrogen) atoms. The van der Waals surface area contributed by atoms with Crippen LogP contribution in [0.15, 0.2) is 61.1 Å². The summed E-state index contributed by atoms with van der Waals surface area (Å²) in [7, 11) is 0. The number of anilines is 1. The van der Waals surface area contributed by atoms with Crippen LogP contribution in [-0.2, 0) is 17.7 Å². The number of rotatable bonds is 5. The Hall–Kier alpha value is -3.98. The van der Waals surface area contributed by atoms with Crippen LogP contribution in [0.3, 0.4) is 0 Å². The van der Waals surface area contributed by atoms with Gasteiger partial charge in [-0.15, -0.1) is 5.10 Å². The first-order valence-electron chi connectivity index (χ1n) is 11.0. The number of fused-ring (bicyclic) bond motifs is 2. The molecule has 1 aromatic carbocycles. The molecule has 1 aliphatic rings. The topological polar surface area (TPSA) is 94.7 Å². The molecule has 0 unspecified atom stereocenters. The molecular weight excluding hydrogens is 416 g/mol. The van der Waals surface area contributed by atoms with E-state index < -0.39 is 0 Å². The minimum absolute atomic E-state index is 0.546. The summed E-state index contributed by atoms with van der Waals surface area (Å²) in [5.74, 6) is 0.974. The number of nitrogens with zero attached hydrogens (tertiary/aromatic N) is 8. The van der Waals surface area contributed by atoms with Gasteiger partial charge in [-0.1, -0.05) is 17.3 Å². The second-order valence-corrected chi connectivity index (χ2v) is 8.08. The quantitative estimate of drug-likeness (QED) is 0.413. The molecule has 5 heterocycles. The molecule has 0 N–H and O–H groups in total. The fraction of sp³-hybridized carbons (Fsp3) is 0.250. The van der Waals surface area contributed by atoms with Crippen LogP contribution in [0.4, 0.5) is 5.82 Å². The Labute approximate surface area is 190 Å². The molecule has 0 saturated carbocycles. The molecule has 0 bridgehead atoms. The summed E-state index contributed by atoms with van der Waals surface area (Å²) < 4.78 is 7.25. The number of pyridine rings is 2. The fourth-order valence-electron chi connectivity index (χ4n) is 4.12. The van der Waals surface area contributed by atoms with Crippen molar-refractivity contribution in [2.24, 2.45) is 0 Å². The second kappa shape index (κ2) is 8.51. The van der Waals surface area contributed by atoms with Gasteiger partial charge in [-0.05, 0) is 41.5 Å². The van der Waals surface area contributed by atoms with Crippen LogP contribution < -0.4 is 4.90 Å². The molecule has 164 valence electrons. The summed E-state index contributed by atoms with van der Waals surface area (Å²) in [6.07, 6.45) is 6.09. The first kappa shape index (κ1) is 19.7. The second-order valence-electron chi connectivity index (χ2n) is 8.08. The van der Waals surface area contributed by atoms with Gasteiger partial charge in [0.1, 0.15) is 5.82 Å². The average molecular weight is 438 g/mol. The molecule has 1 fully saturated rings. The third-order valence-corrected chi connectivity index (χ3v) is 5.81. The Bertz CT molecular complexity index is 1430. The summed E-state index contributed by atoms with van der Waals surface area (Å²) in [5, 5.41) is 9.59. The number of morpholine rings is 1. The number of hydrogen-bond donors (Lipinski definition) is 0. The van der Waals surface area contributed by atoms with Crippen molar-refractivity contribution in [3.63, 3.8) is 0 Å². The van der Waals surface area contributed by atoms with Gasteiger partial charge in [0.05, 0.1) is 37.2 Å². The molecule has 0 atom stereocenters. The molecule has 6 rings (SSSR count). The van der Waals surface area contributed by atoms with Crippen molar-refractivity contribution in [3.05, 3.63) is 77.9 Å². The van der Waals surface area contributed by atoms with Crippen LogP contribution in [0.25, 0.3) is 22.2 Å². The highest BCUT2D eigenvalue weighted by atomic mass is 16.5. The van der Waals surface area contributed by atoms with E-state index in [9.17, 15) is 0 Å². The van der Waals surface area contributed by atoms with Gasteiger partial charge in [-0.2, -0.15) is 0 Å². The van der Waals surface area contributed by atoms with Crippen molar-refractivity contribution in [3.8, 4) is 0 Å². The van der Waals surface area contributed by atoms with Crippen molar-refractivity contribution in [1.29, 1.82) is 0 Å². The van der Waals surface area contributed by atoms with E-state index in [0.29, 0.717) is 24.3 Å². The van der Waals surface area contributed by atoms with Crippen molar-refractivity contribution in [2.75, 3.05) is 31.2 Å². The average Bonchev–Trinajstić information content (AvgIpc) is 3.26. The molecule has 4 aromatic heterocycles. The largest absolute Gasteiger partial charge is 0.378 e. The predicted octanol–water partition coefficient (Wildman–Crippen LogP) is 2.64. The Balaban J connectivity index is 1.26. The maximum Gasteiger partial charge on any atom is 0.221 e. The Morgan fingerprint density at radius 2 is 1.85 bits per heavy atom. The minimum atomic E-state index is 0.546. The zero-order valence-electron chi connectivity index (χ0n) is 18.0. The SMILES string of the molecule is c1cnc2ccc(Cn3nnc4ncc(Cc5ccnc(N6CCOCC6)c5)nc43)cc2c1. The van der Waals surface area contributed by atoms with Gasteiger partial charge in [0.15, 0.2) is 5.65 Å². The van der Waals surface area contributed by atoms with Crippen LogP contribution in [-0.4, -0.2) is 61.2 Å². The zero-order valence-corrected chi connectivity index (χ0v) is 18.0. The fourth-order valence-corrected chi connectivity index (χ4v) is 4.12. The van der Waals surface area contributed by atoms with E-state index in [0.717, 1.165) is 59.8 Å². The number of aromatic nitrogens is 7. The molecule has 9 heteroatoms. The lowest BCUT2D eigenvalue weighted by Gasteiger charge is -2.28. The highest BCUT2D eigenvalue weighted by molar-refractivity contribution is 5.79. The number of hydrogen-bond acceptors (Lipinski definition) is 8.